The number of piperidine rings is 1. The zero-order valence-corrected chi connectivity index (χ0v) is 16.7. The molecule has 0 aliphatic carbocycles. The molecule has 0 bridgehead atoms. The topological polar surface area (TPSA) is 28.6 Å². The van der Waals surface area contributed by atoms with Crippen LogP contribution in [0.15, 0.2) is 42.7 Å². The van der Waals surface area contributed by atoms with E-state index in [-0.39, 0.29) is 5.82 Å². The maximum Gasteiger partial charge on any atom is 0.126 e. The van der Waals surface area contributed by atoms with Gasteiger partial charge in [-0.3, -0.25) is 14.8 Å². The van der Waals surface area contributed by atoms with Crippen molar-refractivity contribution in [3.63, 3.8) is 0 Å². The van der Waals surface area contributed by atoms with E-state index >= 15 is 0 Å². The van der Waals surface area contributed by atoms with Crippen LogP contribution < -0.4 is 4.74 Å². The first-order chi connectivity index (χ1) is 13.7. The molecule has 0 radical (unpaired) electrons. The van der Waals surface area contributed by atoms with Crippen molar-refractivity contribution in [1.29, 1.82) is 0 Å². The summed E-state index contributed by atoms with van der Waals surface area (Å²) in [7, 11) is 1.62. The van der Waals surface area contributed by atoms with Crippen molar-refractivity contribution in [2.75, 3.05) is 33.3 Å². The lowest BCUT2D eigenvalue weighted by Gasteiger charge is -2.35. The van der Waals surface area contributed by atoms with E-state index in [9.17, 15) is 4.39 Å². The molecule has 1 aromatic heterocycles. The summed E-state index contributed by atoms with van der Waals surface area (Å²) < 4.78 is 18.8. The summed E-state index contributed by atoms with van der Waals surface area (Å²) in [4.78, 5) is 9.29. The van der Waals surface area contributed by atoms with Gasteiger partial charge in [-0.2, -0.15) is 0 Å². The lowest BCUT2D eigenvalue weighted by Crippen LogP contribution is -2.36. The summed E-state index contributed by atoms with van der Waals surface area (Å²) in [5, 5.41) is 0. The maximum absolute atomic E-state index is 13.4. The Morgan fingerprint density at radius 2 is 1.82 bits per heavy atom. The third-order valence-corrected chi connectivity index (χ3v) is 6.38. The highest BCUT2D eigenvalue weighted by molar-refractivity contribution is 5.34. The van der Waals surface area contributed by atoms with Crippen LogP contribution in [0.5, 0.6) is 5.75 Å². The number of rotatable bonds is 6. The number of halogens is 1. The molecule has 4 nitrogen and oxygen atoms in total. The number of pyridine rings is 1. The Kier molecular flexibility index (Phi) is 6.23. The van der Waals surface area contributed by atoms with E-state index in [0.29, 0.717) is 5.75 Å². The van der Waals surface area contributed by atoms with Crippen LogP contribution in [0.25, 0.3) is 0 Å². The van der Waals surface area contributed by atoms with E-state index in [2.05, 4.69) is 20.9 Å². The summed E-state index contributed by atoms with van der Waals surface area (Å²) in [6, 6.07) is 9.06. The van der Waals surface area contributed by atoms with Gasteiger partial charge in [-0.05, 0) is 68.4 Å². The van der Waals surface area contributed by atoms with E-state index < -0.39 is 0 Å². The zero-order chi connectivity index (χ0) is 19.3. The minimum Gasteiger partial charge on any atom is -0.496 e. The SMILES string of the molecule is COc1cc(F)ccc1CN1CC[C@@H](C2CCN(Cc3cccnc3)CC2)C1. The van der Waals surface area contributed by atoms with Crippen molar-refractivity contribution < 1.29 is 9.13 Å². The van der Waals surface area contributed by atoms with Crippen molar-refractivity contribution in [3.05, 3.63) is 59.7 Å². The van der Waals surface area contributed by atoms with Crippen LogP contribution in [-0.2, 0) is 13.1 Å². The predicted molar refractivity (Wildman–Crippen MR) is 109 cm³/mol. The minimum atomic E-state index is -0.238. The van der Waals surface area contributed by atoms with E-state index in [4.69, 9.17) is 4.74 Å². The van der Waals surface area contributed by atoms with Gasteiger partial charge in [-0.1, -0.05) is 12.1 Å². The van der Waals surface area contributed by atoms with Crippen LogP contribution in [-0.4, -0.2) is 48.1 Å². The molecular weight excluding hydrogens is 353 g/mol. The van der Waals surface area contributed by atoms with Crippen molar-refractivity contribution >= 4 is 0 Å². The normalized spacial score (nSPS) is 21.9. The van der Waals surface area contributed by atoms with E-state index in [1.165, 1.54) is 50.0 Å². The minimum absolute atomic E-state index is 0.238. The Morgan fingerprint density at radius 3 is 2.57 bits per heavy atom. The van der Waals surface area contributed by atoms with Crippen LogP contribution in [0, 0.1) is 17.7 Å². The van der Waals surface area contributed by atoms with Gasteiger partial charge in [0.05, 0.1) is 7.11 Å². The number of nitrogens with zero attached hydrogens (tertiary/aromatic N) is 3. The highest BCUT2D eigenvalue weighted by atomic mass is 19.1. The molecule has 4 rings (SSSR count). The molecule has 0 unspecified atom stereocenters. The molecule has 1 atom stereocenters. The molecule has 0 spiro atoms. The number of ether oxygens (including phenoxy) is 1. The fourth-order valence-electron chi connectivity index (χ4n) is 4.81. The average Bonchev–Trinajstić information content (AvgIpc) is 3.19. The van der Waals surface area contributed by atoms with Crippen LogP contribution in [0.4, 0.5) is 4.39 Å². The number of hydrogen-bond donors (Lipinski definition) is 0. The molecule has 2 aliphatic rings. The predicted octanol–water partition coefficient (Wildman–Crippen LogP) is 3.96. The summed E-state index contributed by atoms with van der Waals surface area (Å²) >= 11 is 0. The fourth-order valence-corrected chi connectivity index (χ4v) is 4.81. The average molecular weight is 384 g/mol. The summed E-state index contributed by atoms with van der Waals surface area (Å²) in [5.41, 5.74) is 2.39. The van der Waals surface area contributed by atoms with Gasteiger partial charge in [-0.15, -0.1) is 0 Å². The van der Waals surface area contributed by atoms with Crippen molar-refractivity contribution in [3.8, 4) is 5.75 Å². The highest BCUT2D eigenvalue weighted by Crippen LogP contribution is 2.33. The monoisotopic (exact) mass is 383 g/mol. The second-order valence-corrected chi connectivity index (χ2v) is 8.21. The van der Waals surface area contributed by atoms with Gasteiger partial charge in [0, 0.05) is 43.7 Å². The number of likely N-dealkylation sites (tertiary alicyclic amines) is 2. The molecule has 5 heteroatoms. The van der Waals surface area contributed by atoms with Gasteiger partial charge >= 0.3 is 0 Å². The lowest BCUT2D eigenvalue weighted by molar-refractivity contribution is 0.141. The van der Waals surface area contributed by atoms with Crippen molar-refractivity contribution in [2.45, 2.75) is 32.4 Å². The Hall–Kier alpha value is -1.98. The first-order valence-electron chi connectivity index (χ1n) is 10.4. The first kappa shape index (κ1) is 19.3. The number of aromatic nitrogens is 1. The second kappa shape index (κ2) is 9.01. The summed E-state index contributed by atoms with van der Waals surface area (Å²) in [6.45, 7) is 6.50. The molecule has 1 aromatic carbocycles. The van der Waals surface area contributed by atoms with Gasteiger partial charge in [0.2, 0.25) is 0 Å². The van der Waals surface area contributed by atoms with Crippen LogP contribution in [0.3, 0.4) is 0 Å². The third-order valence-electron chi connectivity index (χ3n) is 6.38. The van der Waals surface area contributed by atoms with Crippen LogP contribution in [0.2, 0.25) is 0 Å². The molecule has 2 aliphatic heterocycles. The third kappa shape index (κ3) is 4.70. The lowest BCUT2D eigenvalue weighted by atomic mass is 9.83. The maximum atomic E-state index is 13.4. The second-order valence-electron chi connectivity index (χ2n) is 8.21. The Balaban J connectivity index is 1.26. The Morgan fingerprint density at radius 1 is 1.04 bits per heavy atom. The van der Waals surface area contributed by atoms with Gasteiger partial charge in [0.1, 0.15) is 11.6 Å². The molecule has 0 saturated carbocycles. The molecule has 0 N–H and O–H groups in total. The standard InChI is InChI=1S/C23H30FN3O/c1-28-23-13-22(24)5-4-21(23)17-27-12-8-20(16-27)19-6-10-26(11-7-19)15-18-3-2-9-25-14-18/h2-5,9,13-14,19-20H,6-8,10-12,15-17H2,1H3/t20-/m1/s1. The van der Waals surface area contributed by atoms with Gasteiger partial charge in [0.25, 0.3) is 0 Å². The van der Waals surface area contributed by atoms with E-state index in [1.807, 2.05) is 24.5 Å². The molecule has 2 aromatic rings. The fraction of sp³-hybridized carbons (Fsp3) is 0.522. The quantitative estimate of drug-likeness (QED) is 0.755. The number of methoxy groups -OCH3 is 1. The highest BCUT2D eigenvalue weighted by Gasteiger charge is 2.32. The van der Waals surface area contributed by atoms with Gasteiger partial charge in [-0.25, -0.2) is 4.39 Å². The molecule has 150 valence electrons. The summed E-state index contributed by atoms with van der Waals surface area (Å²) in [6.07, 6.45) is 7.67. The Bertz CT molecular complexity index is 762. The van der Waals surface area contributed by atoms with Crippen LogP contribution in [0.1, 0.15) is 30.4 Å². The van der Waals surface area contributed by atoms with E-state index in [1.54, 1.807) is 7.11 Å². The van der Waals surface area contributed by atoms with Crippen molar-refractivity contribution in [1.82, 2.24) is 14.8 Å². The number of benzene rings is 1. The molecule has 3 heterocycles. The molecule has 28 heavy (non-hydrogen) atoms. The molecule has 2 fully saturated rings. The zero-order valence-electron chi connectivity index (χ0n) is 16.7. The largest absolute Gasteiger partial charge is 0.496 e. The summed E-state index contributed by atoms with van der Waals surface area (Å²) in [5.74, 6) is 2.03. The van der Waals surface area contributed by atoms with E-state index in [0.717, 1.165) is 43.6 Å². The smallest absolute Gasteiger partial charge is 0.126 e. The number of hydrogen-bond acceptors (Lipinski definition) is 4. The first-order valence-corrected chi connectivity index (χ1v) is 10.4. The van der Waals surface area contributed by atoms with Gasteiger partial charge < -0.3 is 4.74 Å². The molecule has 2 saturated heterocycles. The van der Waals surface area contributed by atoms with Crippen molar-refractivity contribution in [2.24, 2.45) is 11.8 Å². The Labute approximate surface area is 167 Å². The van der Waals surface area contributed by atoms with Gasteiger partial charge in [0.15, 0.2) is 0 Å². The van der Waals surface area contributed by atoms with Crippen LogP contribution >= 0.6 is 0 Å². The molecule has 0 amide bonds. The molecular formula is C23H30FN3O.